The van der Waals surface area contributed by atoms with Crippen LogP contribution in [0.4, 0.5) is 5.69 Å². The average Bonchev–Trinajstić information content (AvgIpc) is 2.52. The standard InChI is InChI=1S/C16H17NO4/c1-17(12-5-4-6-13(18)9-12)16(19)11-7-14(20-2)10-15(8-11)21-3/h4-10,18H,1-3H3. The number of amides is 1. The topological polar surface area (TPSA) is 59.0 Å². The second-order valence-corrected chi connectivity index (χ2v) is 4.49. The Labute approximate surface area is 123 Å². The van der Waals surface area contributed by atoms with Crippen LogP contribution < -0.4 is 14.4 Å². The first-order valence-electron chi connectivity index (χ1n) is 6.35. The Morgan fingerprint density at radius 1 is 1.05 bits per heavy atom. The van der Waals surface area contributed by atoms with Crippen molar-refractivity contribution in [2.75, 3.05) is 26.2 Å². The number of rotatable bonds is 4. The average molecular weight is 287 g/mol. The molecule has 21 heavy (non-hydrogen) atoms. The zero-order valence-corrected chi connectivity index (χ0v) is 12.2. The van der Waals surface area contributed by atoms with Crippen LogP contribution in [0.1, 0.15) is 10.4 Å². The summed E-state index contributed by atoms with van der Waals surface area (Å²) in [5, 5.41) is 9.50. The van der Waals surface area contributed by atoms with Gasteiger partial charge in [-0.15, -0.1) is 0 Å². The predicted molar refractivity (Wildman–Crippen MR) is 80.4 cm³/mol. The maximum atomic E-state index is 12.5. The molecule has 2 aromatic carbocycles. The molecule has 110 valence electrons. The summed E-state index contributed by atoms with van der Waals surface area (Å²) in [6.45, 7) is 0. The maximum Gasteiger partial charge on any atom is 0.258 e. The van der Waals surface area contributed by atoms with Gasteiger partial charge in [-0.25, -0.2) is 0 Å². The minimum absolute atomic E-state index is 0.107. The molecule has 0 atom stereocenters. The summed E-state index contributed by atoms with van der Waals surface area (Å²) >= 11 is 0. The Hall–Kier alpha value is -2.69. The summed E-state index contributed by atoms with van der Waals surface area (Å²) < 4.78 is 10.3. The number of phenols is 1. The first-order valence-corrected chi connectivity index (χ1v) is 6.35. The highest BCUT2D eigenvalue weighted by molar-refractivity contribution is 6.06. The van der Waals surface area contributed by atoms with Crippen molar-refractivity contribution in [2.24, 2.45) is 0 Å². The molecule has 2 aromatic rings. The van der Waals surface area contributed by atoms with Gasteiger partial charge in [0.25, 0.3) is 5.91 Å². The lowest BCUT2D eigenvalue weighted by atomic mass is 10.1. The number of hydrogen-bond donors (Lipinski definition) is 1. The van der Waals surface area contributed by atoms with E-state index in [4.69, 9.17) is 9.47 Å². The van der Waals surface area contributed by atoms with Crippen molar-refractivity contribution in [3.05, 3.63) is 48.0 Å². The number of carbonyl (C=O) groups excluding carboxylic acids is 1. The van der Waals surface area contributed by atoms with Gasteiger partial charge in [0, 0.05) is 30.4 Å². The molecule has 0 spiro atoms. The van der Waals surface area contributed by atoms with E-state index in [0.717, 1.165) is 0 Å². The van der Waals surface area contributed by atoms with Crippen LogP contribution in [0.15, 0.2) is 42.5 Å². The third-order valence-corrected chi connectivity index (χ3v) is 3.12. The summed E-state index contributed by atoms with van der Waals surface area (Å²) in [7, 11) is 4.70. The Balaban J connectivity index is 2.35. The van der Waals surface area contributed by atoms with Gasteiger partial charge in [-0.05, 0) is 24.3 Å². The lowest BCUT2D eigenvalue weighted by Crippen LogP contribution is -2.26. The SMILES string of the molecule is COc1cc(OC)cc(C(=O)N(C)c2cccc(O)c2)c1. The fourth-order valence-electron chi connectivity index (χ4n) is 1.94. The Kier molecular flexibility index (Phi) is 4.33. The molecular weight excluding hydrogens is 270 g/mol. The molecule has 0 unspecified atom stereocenters. The van der Waals surface area contributed by atoms with Crippen molar-refractivity contribution < 1.29 is 19.4 Å². The second-order valence-electron chi connectivity index (χ2n) is 4.49. The van der Waals surface area contributed by atoms with Crippen LogP contribution in [0, 0.1) is 0 Å². The van der Waals surface area contributed by atoms with E-state index in [1.807, 2.05) is 0 Å². The van der Waals surface area contributed by atoms with E-state index >= 15 is 0 Å². The highest BCUT2D eigenvalue weighted by atomic mass is 16.5. The van der Waals surface area contributed by atoms with Gasteiger partial charge < -0.3 is 19.5 Å². The molecule has 5 nitrogen and oxygen atoms in total. The zero-order chi connectivity index (χ0) is 15.4. The lowest BCUT2D eigenvalue weighted by Gasteiger charge is -2.18. The number of carbonyl (C=O) groups is 1. The number of anilines is 1. The monoisotopic (exact) mass is 287 g/mol. The van der Waals surface area contributed by atoms with Crippen LogP contribution in [0.5, 0.6) is 17.2 Å². The van der Waals surface area contributed by atoms with Gasteiger partial charge in [0.15, 0.2) is 0 Å². The van der Waals surface area contributed by atoms with Gasteiger partial charge in [-0.3, -0.25) is 4.79 Å². The van der Waals surface area contributed by atoms with Crippen molar-refractivity contribution in [1.29, 1.82) is 0 Å². The van der Waals surface area contributed by atoms with Crippen LogP contribution >= 0.6 is 0 Å². The highest BCUT2D eigenvalue weighted by Crippen LogP contribution is 2.25. The van der Waals surface area contributed by atoms with E-state index in [1.54, 1.807) is 43.4 Å². The van der Waals surface area contributed by atoms with E-state index in [0.29, 0.717) is 22.7 Å². The molecule has 2 rings (SSSR count). The molecule has 0 fully saturated rings. The Bertz CT molecular complexity index is 632. The van der Waals surface area contributed by atoms with Gasteiger partial charge in [-0.2, -0.15) is 0 Å². The summed E-state index contributed by atoms with van der Waals surface area (Å²) in [5.41, 5.74) is 1.04. The van der Waals surface area contributed by atoms with Crippen LogP contribution in [0.3, 0.4) is 0 Å². The number of benzene rings is 2. The molecule has 0 aliphatic rings. The van der Waals surface area contributed by atoms with E-state index < -0.39 is 0 Å². The van der Waals surface area contributed by atoms with E-state index in [1.165, 1.54) is 25.2 Å². The normalized spacial score (nSPS) is 10.0. The van der Waals surface area contributed by atoms with E-state index in [2.05, 4.69) is 0 Å². The molecule has 0 aliphatic carbocycles. The molecular formula is C16H17NO4. The maximum absolute atomic E-state index is 12.5. The number of ether oxygens (including phenoxy) is 2. The minimum Gasteiger partial charge on any atom is -0.508 e. The van der Waals surface area contributed by atoms with Crippen LogP contribution in [0.2, 0.25) is 0 Å². The summed E-state index contributed by atoms with van der Waals surface area (Å²) in [5.74, 6) is 0.970. The third-order valence-electron chi connectivity index (χ3n) is 3.12. The summed E-state index contributed by atoms with van der Waals surface area (Å²) in [6.07, 6.45) is 0. The summed E-state index contributed by atoms with van der Waals surface area (Å²) in [4.78, 5) is 14.0. The van der Waals surface area contributed by atoms with Gasteiger partial charge >= 0.3 is 0 Å². The minimum atomic E-state index is -0.224. The first kappa shape index (κ1) is 14.7. The molecule has 0 saturated heterocycles. The van der Waals surface area contributed by atoms with Crippen molar-refractivity contribution in [1.82, 2.24) is 0 Å². The smallest absolute Gasteiger partial charge is 0.258 e. The van der Waals surface area contributed by atoms with Gasteiger partial charge in [-0.1, -0.05) is 6.07 Å². The Morgan fingerprint density at radius 3 is 2.19 bits per heavy atom. The Morgan fingerprint density at radius 2 is 1.67 bits per heavy atom. The number of aromatic hydroxyl groups is 1. The van der Waals surface area contributed by atoms with Crippen molar-refractivity contribution in [3.63, 3.8) is 0 Å². The second kappa shape index (κ2) is 6.17. The molecule has 0 bridgehead atoms. The largest absolute Gasteiger partial charge is 0.508 e. The van der Waals surface area contributed by atoms with Crippen LogP contribution in [0.25, 0.3) is 0 Å². The number of phenolic OH excluding ortho intramolecular Hbond substituents is 1. The molecule has 0 aliphatic heterocycles. The van der Waals surface area contributed by atoms with Crippen molar-refractivity contribution >= 4 is 11.6 Å². The number of nitrogens with zero attached hydrogens (tertiary/aromatic N) is 1. The fraction of sp³-hybridized carbons (Fsp3) is 0.188. The lowest BCUT2D eigenvalue weighted by molar-refractivity contribution is 0.0992. The third kappa shape index (κ3) is 3.25. The fourth-order valence-corrected chi connectivity index (χ4v) is 1.94. The van der Waals surface area contributed by atoms with Gasteiger partial charge in [0.2, 0.25) is 0 Å². The molecule has 0 heterocycles. The molecule has 1 N–H and O–H groups in total. The van der Waals surface area contributed by atoms with E-state index in [9.17, 15) is 9.90 Å². The highest BCUT2D eigenvalue weighted by Gasteiger charge is 2.16. The molecule has 1 amide bonds. The van der Waals surface area contributed by atoms with Gasteiger partial charge in [0.1, 0.15) is 17.2 Å². The van der Waals surface area contributed by atoms with Gasteiger partial charge in [0.05, 0.1) is 14.2 Å². The molecule has 0 radical (unpaired) electrons. The van der Waals surface area contributed by atoms with Crippen LogP contribution in [-0.2, 0) is 0 Å². The van der Waals surface area contributed by atoms with Crippen molar-refractivity contribution in [3.8, 4) is 17.2 Å². The van der Waals surface area contributed by atoms with Crippen molar-refractivity contribution in [2.45, 2.75) is 0 Å². The predicted octanol–water partition coefficient (Wildman–Crippen LogP) is 2.69. The molecule has 0 saturated carbocycles. The number of methoxy groups -OCH3 is 2. The molecule has 0 aromatic heterocycles. The van der Waals surface area contributed by atoms with Crippen LogP contribution in [-0.4, -0.2) is 32.3 Å². The quantitative estimate of drug-likeness (QED) is 0.939. The zero-order valence-electron chi connectivity index (χ0n) is 12.2. The van der Waals surface area contributed by atoms with E-state index in [-0.39, 0.29) is 11.7 Å². The first-order chi connectivity index (χ1) is 10.0. The summed E-state index contributed by atoms with van der Waals surface area (Å²) in [6, 6.07) is 11.5. The number of hydrogen-bond acceptors (Lipinski definition) is 4. The molecule has 5 heteroatoms.